The highest BCUT2D eigenvalue weighted by molar-refractivity contribution is 5.01. The van der Waals surface area contributed by atoms with Gasteiger partial charge in [-0.25, -0.2) is 0 Å². The van der Waals surface area contributed by atoms with E-state index in [0.717, 1.165) is 30.3 Å². The highest BCUT2D eigenvalue weighted by Gasteiger charge is 2.41. The Balaban J connectivity index is 1.57. The second kappa shape index (κ2) is 5.68. The smallest absolute Gasteiger partial charge is 0.103 e. The third-order valence-electron chi connectivity index (χ3n) is 5.10. The van der Waals surface area contributed by atoms with Gasteiger partial charge in [-0.05, 0) is 58.2 Å². The van der Waals surface area contributed by atoms with Gasteiger partial charge in [0.2, 0.25) is 0 Å². The number of rotatable bonds is 5. The van der Waals surface area contributed by atoms with Crippen molar-refractivity contribution in [3.63, 3.8) is 0 Å². The summed E-state index contributed by atoms with van der Waals surface area (Å²) in [6, 6.07) is 7.12. The minimum absolute atomic E-state index is 0.681. The summed E-state index contributed by atoms with van der Waals surface area (Å²) in [5.41, 5.74) is 0. The molecular formula is C16H26N2O. The number of hydrogen-bond donors (Lipinski definition) is 1. The van der Waals surface area contributed by atoms with Crippen LogP contribution in [0.3, 0.4) is 0 Å². The van der Waals surface area contributed by atoms with Crippen molar-refractivity contribution in [3.8, 4) is 0 Å². The fourth-order valence-corrected chi connectivity index (χ4v) is 4.12. The molecule has 0 aromatic carbocycles. The number of fused-ring (bicyclic) bond motifs is 2. The highest BCUT2D eigenvalue weighted by atomic mass is 16.3. The molecule has 3 rings (SSSR count). The van der Waals surface area contributed by atoms with Gasteiger partial charge < -0.3 is 9.73 Å². The van der Waals surface area contributed by atoms with Gasteiger partial charge in [0.05, 0.1) is 6.26 Å². The van der Waals surface area contributed by atoms with Crippen LogP contribution in [-0.4, -0.2) is 36.1 Å². The zero-order valence-corrected chi connectivity index (χ0v) is 12.1. The summed E-state index contributed by atoms with van der Waals surface area (Å²) in [4.78, 5) is 2.80. The number of nitrogens with one attached hydrogen (secondary N) is 1. The molecule has 106 valence electrons. The first kappa shape index (κ1) is 13.2. The van der Waals surface area contributed by atoms with Crippen LogP contribution in [0.1, 0.15) is 44.8 Å². The van der Waals surface area contributed by atoms with E-state index >= 15 is 0 Å². The van der Waals surface area contributed by atoms with Crippen LogP contribution in [0.15, 0.2) is 22.8 Å². The molecule has 1 aromatic rings. The molecule has 3 unspecified atom stereocenters. The molecule has 2 aliphatic heterocycles. The van der Waals surface area contributed by atoms with Crippen molar-refractivity contribution in [3.05, 3.63) is 24.2 Å². The lowest BCUT2D eigenvalue weighted by Gasteiger charge is -2.42. The van der Waals surface area contributed by atoms with E-state index in [0.29, 0.717) is 6.04 Å². The van der Waals surface area contributed by atoms with E-state index in [1.54, 1.807) is 6.26 Å². The predicted octanol–water partition coefficient (Wildman–Crippen LogP) is 2.82. The Morgan fingerprint density at radius 3 is 2.68 bits per heavy atom. The number of aryl methyl sites for hydroxylation is 1. The van der Waals surface area contributed by atoms with Gasteiger partial charge in [0, 0.05) is 30.6 Å². The number of hydrogen-bond acceptors (Lipinski definition) is 3. The van der Waals surface area contributed by atoms with Gasteiger partial charge in [0.25, 0.3) is 0 Å². The highest BCUT2D eigenvalue weighted by Crippen LogP contribution is 2.37. The minimum Gasteiger partial charge on any atom is -0.469 e. The van der Waals surface area contributed by atoms with Crippen molar-refractivity contribution in [1.82, 2.24) is 10.2 Å². The normalized spacial score (nSPS) is 32.6. The van der Waals surface area contributed by atoms with Crippen molar-refractivity contribution in [2.45, 2.75) is 69.6 Å². The Bertz CT molecular complexity index is 375. The lowest BCUT2D eigenvalue weighted by Crippen LogP contribution is -2.51. The lowest BCUT2D eigenvalue weighted by molar-refractivity contribution is 0.0746. The van der Waals surface area contributed by atoms with Gasteiger partial charge in [0.15, 0.2) is 0 Å². The number of piperidine rings is 1. The van der Waals surface area contributed by atoms with Gasteiger partial charge in [-0.1, -0.05) is 0 Å². The SMILES string of the molecule is CNC1CC2CCC(C1)N2C(C)CCc1ccco1. The van der Waals surface area contributed by atoms with E-state index in [4.69, 9.17) is 4.42 Å². The summed E-state index contributed by atoms with van der Waals surface area (Å²) in [5, 5.41) is 3.48. The maximum atomic E-state index is 5.45. The molecule has 2 bridgehead atoms. The second-order valence-electron chi connectivity index (χ2n) is 6.26. The van der Waals surface area contributed by atoms with Crippen LogP contribution >= 0.6 is 0 Å². The maximum Gasteiger partial charge on any atom is 0.103 e. The fourth-order valence-electron chi connectivity index (χ4n) is 4.12. The van der Waals surface area contributed by atoms with E-state index < -0.39 is 0 Å². The molecule has 3 nitrogen and oxygen atoms in total. The van der Waals surface area contributed by atoms with Gasteiger partial charge in [-0.15, -0.1) is 0 Å². The van der Waals surface area contributed by atoms with Crippen LogP contribution in [0.2, 0.25) is 0 Å². The van der Waals surface area contributed by atoms with Crippen molar-refractivity contribution in [1.29, 1.82) is 0 Å². The average molecular weight is 262 g/mol. The van der Waals surface area contributed by atoms with Crippen molar-refractivity contribution in [2.75, 3.05) is 7.05 Å². The average Bonchev–Trinajstić information content (AvgIpc) is 3.02. The number of furan rings is 1. The van der Waals surface area contributed by atoms with Crippen LogP contribution in [0.5, 0.6) is 0 Å². The minimum atomic E-state index is 0.681. The molecule has 2 fully saturated rings. The van der Waals surface area contributed by atoms with Gasteiger partial charge >= 0.3 is 0 Å². The summed E-state index contributed by atoms with van der Waals surface area (Å²) in [6.45, 7) is 2.40. The fraction of sp³-hybridized carbons (Fsp3) is 0.750. The van der Waals surface area contributed by atoms with Crippen molar-refractivity contribution in [2.24, 2.45) is 0 Å². The van der Waals surface area contributed by atoms with Gasteiger partial charge in [-0.2, -0.15) is 0 Å². The molecule has 2 saturated heterocycles. The van der Waals surface area contributed by atoms with Crippen LogP contribution in [0.25, 0.3) is 0 Å². The zero-order chi connectivity index (χ0) is 13.2. The molecule has 19 heavy (non-hydrogen) atoms. The molecule has 1 aromatic heterocycles. The summed E-state index contributed by atoms with van der Waals surface area (Å²) in [5.74, 6) is 1.13. The maximum absolute atomic E-state index is 5.45. The molecular weight excluding hydrogens is 236 g/mol. The van der Waals surface area contributed by atoms with Crippen molar-refractivity contribution < 1.29 is 4.42 Å². The summed E-state index contributed by atoms with van der Waals surface area (Å²) in [7, 11) is 2.11. The first-order chi connectivity index (χ1) is 9.28. The molecule has 0 spiro atoms. The number of nitrogens with zero attached hydrogens (tertiary/aromatic N) is 1. The lowest BCUT2D eigenvalue weighted by atomic mass is 9.94. The monoisotopic (exact) mass is 262 g/mol. The second-order valence-corrected chi connectivity index (χ2v) is 6.26. The topological polar surface area (TPSA) is 28.4 Å². The third kappa shape index (κ3) is 2.72. The van der Waals surface area contributed by atoms with Gasteiger partial charge in [0.1, 0.15) is 5.76 Å². The summed E-state index contributed by atoms with van der Waals surface area (Å²) >= 11 is 0. The quantitative estimate of drug-likeness (QED) is 0.884. The Morgan fingerprint density at radius 1 is 1.37 bits per heavy atom. The van der Waals surface area contributed by atoms with Crippen molar-refractivity contribution >= 4 is 0 Å². The Morgan fingerprint density at radius 2 is 2.11 bits per heavy atom. The van der Waals surface area contributed by atoms with E-state index in [1.807, 2.05) is 6.07 Å². The molecule has 0 saturated carbocycles. The molecule has 0 radical (unpaired) electrons. The van der Waals surface area contributed by atoms with Crippen LogP contribution in [-0.2, 0) is 6.42 Å². The molecule has 3 heteroatoms. The first-order valence-corrected chi connectivity index (χ1v) is 7.75. The van der Waals surface area contributed by atoms with E-state index in [9.17, 15) is 0 Å². The Hall–Kier alpha value is -0.800. The van der Waals surface area contributed by atoms with E-state index in [-0.39, 0.29) is 0 Å². The first-order valence-electron chi connectivity index (χ1n) is 7.75. The zero-order valence-electron chi connectivity index (χ0n) is 12.1. The molecule has 3 atom stereocenters. The van der Waals surface area contributed by atoms with Crippen LogP contribution in [0.4, 0.5) is 0 Å². The Labute approximate surface area is 116 Å². The standard InChI is InChI=1S/C16H26N2O/c1-12(5-8-16-4-3-9-19-16)18-14-6-7-15(18)11-13(10-14)17-2/h3-4,9,12-15,17H,5-8,10-11H2,1-2H3. The summed E-state index contributed by atoms with van der Waals surface area (Å²) < 4.78 is 5.45. The van der Waals surface area contributed by atoms with E-state index in [1.165, 1.54) is 32.1 Å². The van der Waals surface area contributed by atoms with Crippen LogP contribution < -0.4 is 5.32 Å². The third-order valence-corrected chi connectivity index (χ3v) is 5.10. The molecule has 1 N–H and O–H groups in total. The molecule has 0 amide bonds. The molecule has 3 heterocycles. The molecule has 2 aliphatic rings. The summed E-state index contributed by atoms with van der Waals surface area (Å²) in [6.07, 6.45) is 9.52. The predicted molar refractivity (Wildman–Crippen MR) is 77.2 cm³/mol. The molecule has 0 aliphatic carbocycles. The Kier molecular flexibility index (Phi) is 3.94. The van der Waals surface area contributed by atoms with Gasteiger partial charge in [-0.3, -0.25) is 4.90 Å². The van der Waals surface area contributed by atoms with E-state index in [2.05, 4.69) is 30.3 Å². The van der Waals surface area contributed by atoms with Crippen LogP contribution in [0, 0.1) is 0 Å². The largest absolute Gasteiger partial charge is 0.469 e.